The lowest BCUT2D eigenvalue weighted by Crippen LogP contribution is -2.61. The predicted octanol–water partition coefficient (Wildman–Crippen LogP) is 6.20. The second-order valence-electron chi connectivity index (χ2n) is 12.4. The molecule has 0 bridgehead atoms. The molecule has 0 radical (unpaired) electrons. The molecule has 3 N–H and O–H groups in total. The predicted molar refractivity (Wildman–Crippen MR) is 179 cm³/mol. The van der Waals surface area contributed by atoms with Crippen LogP contribution in [0, 0.1) is 6.92 Å². The van der Waals surface area contributed by atoms with Crippen molar-refractivity contribution in [2.75, 3.05) is 25.5 Å². The van der Waals surface area contributed by atoms with E-state index in [1.807, 2.05) is 26.1 Å². The van der Waals surface area contributed by atoms with E-state index in [2.05, 4.69) is 38.6 Å². The molecule has 1 aliphatic heterocycles. The van der Waals surface area contributed by atoms with Crippen LogP contribution >= 0.6 is 11.3 Å². The molecule has 2 amide bonds. The number of carboxylic acids is 1. The first kappa shape index (κ1) is 30.7. The number of benzene rings is 2. The number of aliphatic carboxylic acids is 1. The highest BCUT2D eigenvalue weighted by Gasteiger charge is 2.42. The van der Waals surface area contributed by atoms with Crippen molar-refractivity contribution in [2.24, 2.45) is 7.05 Å². The molecular formula is C35H39N5O4S. The molecule has 2 aromatic heterocycles. The fourth-order valence-electron chi connectivity index (χ4n) is 6.81. The quantitative estimate of drug-likeness (QED) is 0.201. The molecule has 6 rings (SSSR count). The van der Waals surface area contributed by atoms with Crippen molar-refractivity contribution in [3.05, 3.63) is 75.6 Å². The van der Waals surface area contributed by atoms with Crippen LogP contribution in [0.5, 0.6) is 0 Å². The van der Waals surface area contributed by atoms with Crippen LogP contribution in [0.4, 0.5) is 5.69 Å². The fraction of sp³-hybridized carbons (Fsp3) is 0.371. The van der Waals surface area contributed by atoms with Crippen LogP contribution in [-0.4, -0.2) is 63.0 Å². The second-order valence-corrected chi connectivity index (χ2v) is 13.4. The first-order valence-electron chi connectivity index (χ1n) is 15.5. The van der Waals surface area contributed by atoms with E-state index in [1.165, 1.54) is 24.5 Å². The molecule has 0 atom stereocenters. The van der Waals surface area contributed by atoms with Gasteiger partial charge in [0, 0.05) is 53.7 Å². The Morgan fingerprint density at radius 2 is 1.76 bits per heavy atom. The largest absolute Gasteiger partial charge is 0.478 e. The molecular weight excluding hydrogens is 586 g/mol. The number of carboxylic acid groups (broad SMARTS) is 1. The highest BCUT2D eigenvalue weighted by molar-refractivity contribution is 7.09. The van der Waals surface area contributed by atoms with Crippen LogP contribution in [0.15, 0.2) is 53.9 Å². The first-order valence-corrected chi connectivity index (χ1v) is 16.4. The van der Waals surface area contributed by atoms with Gasteiger partial charge in [0.2, 0.25) is 5.91 Å². The molecule has 3 heterocycles. The van der Waals surface area contributed by atoms with Gasteiger partial charge in [-0.15, -0.1) is 11.3 Å². The normalized spacial score (nSPS) is 17.2. The van der Waals surface area contributed by atoms with Crippen molar-refractivity contribution in [1.29, 1.82) is 0 Å². The van der Waals surface area contributed by atoms with Gasteiger partial charge in [-0.05, 0) is 87.0 Å². The second kappa shape index (κ2) is 12.6. The van der Waals surface area contributed by atoms with E-state index in [9.17, 15) is 14.4 Å². The number of carbonyl (C=O) groups is 3. The summed E-state index contributed by atoms with van der Waals surface area (Å²) in [6, 6.07) is 12.9. The van der Waals surface area contributed by atoms with E-state index >= 15 is 0 Å². The van der Waals surface area contributed by atoms with E-state index in [4.69, 9.17) is 10.1 Å². The summed E-state index contributed by atoms with van der Waals surface area (Å²) in [6.45, 7) is 3.37. The summed E-state index contributed by atoms with van der Waals surface area (Å²) in [6.07, 6.45) is 8.28. The zero-order chi connectivity index (χ0) is 31.7. The number of nitrogens with one attached hydrogen (secondary N) is 2. The van der Waals surface area contributed by atoms with Gasteiger partial charge in [-0.1, -0.05) is 31.0 Å². The maximum atomic E-state index is 13.9. The smallest absolute Gasteiger partial charge is 0.328 e. The third kappa shape index (κ3) is 6.30. The van der Waals surface area contributed by atoms with Gasteiger partial charge in [0.15, 0.2) is 0 Å². The first-order chi connectivity index (χ1) is 21.6. The number of likely N-dealkylation sites (tertiary alicyclic amines) is 1. The van der Waals surface area contributed by atoms with E-state index < -0.39 is 11.5 Å². The maximum absolute atomic E-state index is 13.9. The van der Waals surface area contributed by atoms with Crippen LogP contribution in [0.1, 0.15) is 70.9 Å². The summed E-state index contributed by atoms with van der Waals surface area (Å²) < 4.78 is 2.18. The van der Waals surface area contributed by atoms with Crippen LogP contribution in [-0.2, 0) is 16.6 Å². The lowest BCUT2D eigenvalue weighted by molar-refractivity contribution is -0.131. The lowest BCUT2D eigenvalue weighted by Gasteiger charge is -2.40. The summed E-state index contributed by atoms with van der Waals surface area (Å²) in [5, 5.41) is 19.3. The van der Waals surface area contributed by atoms with Gasteiger partial charge in [0.1, 0.15) is 5.54 Å². The molecule has 1 saturated heterocycles. The number of hydrogen-bond acceptors (Lipinski definition) is 6. The summed E-state index contributed by atoms with van der Waals surface area (Å²) in [5.74, 6) is -1.09. The Hall–Kier alpha value is -4.28. The zero-order valence-corrected chi connectivity index (χ0v) is 26.7. The molecule has 234 valence electrons. The van der Waals surface area contributed by atoms with Gasteiger partial charge in [-0.3, -0.25) is 9.59 Å². The molecule has 10 heteroatoms. The molecule has 1 aliphatic carbocycles. The van der Waals surface area contributed by atoms with Gasteiger partial charge in [-0.2, -0.15) is 0 Å². The minimum absolute atomic E-state index is 0.262. The number of anilines is 1. The number of hydrogen-bond donors (Lipinski definition) is 3. The maximum Gasteiger partial charge on any atom is 0.328 e. The standard InChI is InChI=1S/C35H39N5O4S/c1-22-36-28(21-45-22)32-31(24-6-4-5-7-24)27-14-11-25(20-29(27)40(32)3)33(43)38-35(16-18-39(2)19-17-35)34(44)37-26-12-8-23(9-13-26)10-15-30(41)42/h8-15,20-21,24H,4-7,16-19H2,1-3H3,(H,37,44)(H,38,43)(H,41,42)/b15-10+. The third-order valence-corrected chi connectivity index (χ3v) is 10.1. The van der Waals surface area contributed by atoms with Crippen LogP contribution in [0.25, 0.3) is 28.4 Å². The topological polar surface area (TPSA) is 117 Å². The molecule has 9 nitrogen and oxygen atoms in total. The number of fused-ring (bicyclic) bond motifs is 1. The third-order valence-electron chi connectivity index (χ3n) is 9.34. The van der Waals surface area contributed by atoms with Gasteiger partial charge in [0.25, 0.3) is 5.91 Å². The van der Waals surface area contributed by atoms with Crippen molar-refractivity contribution in [2.45, 2.75) is 56.9 Å². The molecule has 0 spiro atoms. The minimum Gasteiger partial charge on any atom is -0.478 e. The lowest BCUT2D eigenvalue weighted by atomic mass is 9.86. The van der Waals surface area contributed by atoms with E-state index in [1.54, 1.807) is 35.6 Å². The number of piperidine rings is 1. The molecule has 1 saturated carbocycles. The molecule has 2 aliphatic rings. The van der Waals surface area contributed by atoms with E-state index in [0.29, 0.717) is 48.7 Å². The van der Waals surface area contributed by atoms with Crippen molar-refractivity contribution in [1.82, 2.24) is 19.8 Å². The van der Waals surface area contributed by atoms with Crippen LogP contribution < -0.4 is 10.6 Å². The number of amides is 2. The van der Waals surface area contributed by atoms with Gasteiger partial charge in [-0.25, -0.2) is 9.78 Å². The number of aromatic nitrogens is 2. The Balaban J connectivity index is 1.29. The van der Waals surface area contributed by atoms with Gasteiger partial charge in [0.05, 0.1) is 16.4 Å². The van der Waals surface area contributed by atoms with Crippen LogP contribution in [0.3, 0.4) is 0 Å². The highest BCUT2D eigenvalue weighted by Crippen LogP contribution is 2.44. The Morgan fingerprint density at radius 1 is 1.04 bits per heavy atom. The van der Waals surface area contributed by atoms with Gasteiger partial charge >= 0.3 is 5.97 Å². The number of rotatable bonds is 8. The van der Waals surface area contributed by atoms with Gasteiger partial charge < -0.3 is 25.2 Å². The fourth-order valence-corrected chi connectivity index (χ4v) is 7.41. The average molecular weight is 626 g/mol. The van der Waals surface area contributed by atoms with Crippen molar-refractivity contribution >= 4 is 51.8 Å². The minimum atomic E-state index is -1.08. The van der Waals surface area contributed by atoms with Crippen molar-refractivity contribution in [3.63, 3.8) is 0 Å². The molecule has 2 aromatic carbocycles. The highest BCUT2D eigenvalue weighted by atomic mass is 32.1. The van der Waals surface area contributed by atoms with E-state index in [0.717, 1.165) is 46.2 Å². The SMILES string of the molecule is Cc1nc(-c2c(C3CCCC3)c3ccc(C(=O)NC4(C(=O)Nc5ccc(/C=C/C(=O)O)cc5)CCN(C)CC4)cc3n2C)cs1. The summed E-state index contributed by atoms with van der Waals surface area (Å²) in [7, 11) is 4.07. The Bertz CT molecular complexity index is 1770. The summed E-state index contributed by atoms with van der Waals surface area (Å²) in [4.78, 5) is 45.6. The zero-order valence-electron chi connectivity index (χ0n) is 25.9. The Kier molecular flexibility index (Phi) is 8.61. The monoisotopic (exact) mass is 625 g/mol. The molecule has 4 aromatic rings. The Labute approximate surface area is 267 Å². The molecule has 0 unspecified atom stereocenters. The Morgan fingerprint density at radius 3 is 2.40 bits per heavy atom. The number of carbonyl (C=O) groups excluding carboxylic acids is 2. The number of nitrogens with zero attached hydrogens (tertiary/aromatic N) is 3. The van der Waals surface area contributed by atoms with Crippen molar-refractivity contribution < 1.29 is 19.5 Å². The average Bonchev–Trinajstić information content (AvgIpc) is 3.77. The number of thiazole rings is 1. The van der Waals surface area contributed by atoms with Crippen molar-refractivity contribution in [3.8, 4) is 11.4 Å². The van der Waals surface area contributed by atoms with E-state index in [-0.39, 0.29) is 11.8 Å². The summed E-state index contributed by atoms with van der Waals surface area (Å²) >= 11 is 1.65. The van der Waals surface area contributed by atoms with Crippen LogP contribution in [0.2, 0.25) is 0 Å². The summed E-state index contributed by atoms with van der Waals surface area (Å²) in [5.41, 5.74) is 5.16. The number of aryl methyl sites for hydroxylation is 2. The molecule has 45 heavy (non-hydrogen) atoms. The molecule has 2 fully saturated rings.